The van der Waals surface area contributed by atoms with E-state index in [0.29, 0.717) is 6.54 Å². The molecule has 1 aromatic rings. The Hall–Kier alpha value is -0.870. The van der Waals surface area contributed by atoms with Gasteiger partial charge in [0.1, 0.15) is 0 Å². The maximum Gasteiger partial charge on any atom is 0.264 e. The molecule has 1 aliphatic rings. The quantitative estimate of drug-likeness (QED) is 0.906. The van der Waals surface area contributed by atoms with Crippen LogP contribution in [0.2, 0.25) is 0 Å². The number of likely N-dealkylation sites (tertiary alicyclic amines) is 1. The molecule has 4 heteroatoms. The van der Waals surface area contributed by atoms with Crippen LogP contribution < -0.4 is 5.73 Å². The van der Waals surface area contributed by atoms with Crippen LogP contribution in [0, 0.1) is 0 Å². The van der Waals surface area contributed by atoms with Gasteiger partial charge in [0.15, 0.2) is 0 Å². The summed E-state index contributed by atoms with van der Waals surface area (Å²) in [4.78, 5) is 17.0. The number of hydrogen-bond acceptors (Lipinski definition) is 3. The first-order chi connectivity index (χ1) is 9.71. The third-order valence-corrected chi connectivity index (χ3v) is 5.35. The molecule has 0 aromatic carbocycles. The highest BCUT2D eigenvalue weighted by molar-refractivity contribution is 7.14. The van der Waals surface area contributed by atoms with Crippen molar-refractivity contribution in [1.29, 1.82) is 0 Å². The van der Waals surface area contributed by atoms with E-state index in [0.717, 1.165) is 43.5 Å². The first-order valence-corrected chi connectivity index (χ1v) is 8.65. The Morgan fingerprint density at radius 3 is 2.90 bits per heavy atom. The van der Waals surface area contributed by atoms with Crippen molar-refractivity contribution < 1.29 is 4.79 Å². The summed E-state index contributed by atoms with van der Waals surface area (Å²) in [5.41, 5.74) is 7.18. The molecule has 2 rings (SSSR count). The molecule has 0 saturated carbocycles. The average molecular weight is 294 g/mol. The van der Waals surface area contributed by atoms with E-state index in [1.807, 2.05) is 4.90 Å². The van der Waals surface area contributed by atoms with Crippen molar-refractivity contribution in [1.82, 2.24) is 4.90 Å². The summed E-state index contributed by atoms with van der Waals surface area (Å²) in [6, 6.07) is 2.35. The number of nitrogens with zero attached hydrogens (tertiary/aromatic N) is 1. The Bertz CT molecular complexity index is 455. The molecule has 1 unspecified atom stereocenters. The number of rotatable bonds is 5. The molecule has 0 bridgehead atoms. The SMILES string of the molecule is CCCc1sc(C(=O)N2CCCCC2CN)cc1CC. The van der Waals surface area contributed by atoms with Crippen LogP contribution in [0.5, 0.6) is 0 Å². The molecule has 0 spiro atoms. The molecular formula is C16H26N2OS. The summed E-state index contributed by atoms with van der Waals surface area (Å²) in [5.74, 6) is 0.196. The lowest BCUT2D eigenvalue weighted by Gasteiger charge is -2.34. The van der Waals surface area contributed by atoms with E-state index in [4.69, 9.17) is 5.73 Å². The average Bonchev–Trinajstić information content (AvgIpc) is 2.90. The smallest absolute Gasteiger partial charge is 0.264 e. The van der Waals surface area contributed by atoms with Crippen molar-refractivity contribution >= 4 is 17.2 Å². The minimum atomic E-state index is 0.196. The van der Waals surface area contributed by atoms with E-state index in [2.05, 4.69) is 19.9 Å². The van der Waals surface area contributed by atoms with Gasteiger partial charge < -0.3 is 10.6 Å². The molecule has 1 atom stereocenters. The second-order valence-corrected chi connectivity index (χ2v) is 6.68. The Balaban J connectivity index is 2.19. The fraction of sp³-hybridized carbons (Fsp3) is 0.688. The largest absolute Gasteiger partial charge is 0.334 e. The number of carbonyl (C=O) groups is 1. The fourth-order valence-corrected chi connectivity index (χ4v) is 4.28. The molecule has 1 fully saturated rings. The summed E-state index contributed by atoms with van der Waals surface area (Å²) < 4.78 is 0. The standard InChI is InChI=1S/C16H26N2OS/c1-3-7-14-12(4-2)10-15(20-14)16(19)18-9-6-5-8-13(18)11-17/h10,13H,3-9,11,17H2,1-2H3. The molecule has 112 valence electrons. The number of piperidine rings is 1. The third kappa shape index (κ3) is 3.23. The second kappa shape index (κ2) is 7.23. The number of aryl methyl sites for hydroxylation is 2. The van der Waals surface area contributed by atoms with E-state index in [9.17, 15) is 4.79 Å². The van der Waals surface area contributed by atoms with Crippen LogP contribution in [0.15, 0.2) is 6.07 Å². The zero-order chi connectivity index (χ0) is 14.5. The van der Waals surface area contributed by atoms with Crippen LogP contribution >= 0.6 is 11.3 Å². The van der Waals surface area contributed by atoms with Gasteiger partial charge in [0.2, 0.25) is 0 Å². The molecule has 3 nitrogen and oxygen atoms in total. The van der Waals surface area contributed by atoms with Crippen LogP contribution in [0.3, 0.4) is 0 Å². The van der Waals surface area contributed by atoms with Crippen molar-refractivity contribution in [2.75, 3.05) is 13.1 Å². The Morgan fingerprint density at radius 2 is 2.25 bits per heavy atom. The van der Waals surface area contributed by atoms with Gasteiger partial charge in [-0.15, -0.1) is 11.3 Å². The molecule has 1 saturated heterocycles. The van der Waals surface area contributed by atoms with Crippen LogP contribution in [0.4, 0.5) is 0 Å². The molecule has 2 heterocycles. The minimum Gasteiger partial charge on any atom is -0.334 e. The molecule has 1 amide bonds. The normalized spacial score (nSPS) is 19.4. The molecule has 1 aliphatic heterocycles. The van der Waals surface area contributed by atoms with Gasteiger partial charge in [0.25, 0.3) is 5.91 Å². The first kappa shape index (κ1) is 15.5. The number of amides is 1. The molecular weight excluding hydrogens is 268 g/mol. The van der Waals surface area contributed by atoms with Crippen molar-refractivity contribution in [2.24, 2.45) is 5.73 Å². The molecule has 1 aromatic heterocycles. The number of nitrogens with two attached hydrogens (primary N) is 1. The lowest BCUT2D eigenvalue weighted by molar-refractivity contribution is 0.0628. The summed E-state index contributed by atoms with van der Waals surface area (Å²) in [6.07, 6.45) is 6.58. The minimum absolute atomic E-state index is 0.196. The second-order valence-electron chi connectivity index (χ2n) is 5.55. The highest BCUT2D eigenvalue weighted by Gasteiger charge is 2.27. The maximum absolute atomic E-state index is 12.7. The Kier molecular flexibility index (Phi) is 5.61. The predicted molar refractivity (Wildman–Crippen MR) is 85.4 cm³/mol. The van der Waals surface area contributed by atoms with Gasteiger partial charge in [-0.25, -0.2) is 0 Å². The third-order valence-electron chi connectivity index (χ3n) is 4.13. The number of carbonyl (C=O) groups excluding carboxylic acids is 1. The van der Waals surface area contributed by atoms with E-state index in [1.54, 1.807) is 11.3 Å². The van der Waals surface area contributed by atoms with Crippen LogP contribution in [-0.4, -0.2) is 29.9 Å². The van der Waals surface area contributed by atoms with Crippen LogP contribution in [0.25, 0.3) is 0 Å². The van der Waals surface area contributed by atoms with E-state index in [1.165, 1.54) is 16.9 Å². The first-order valence-electron chi connectivity index (χ1n) is 7.83. The summed E-state index contributed by atoms with van der Waals surface area (Å²) >= 11 is 1.69. The molecule has 0 radical (unpaired) electrons. The van der Waals surface area contributed by atoms with E-state index >= 15 is 0 Å². The van der Waals surface area contributed by atoms with Gasteiger partial charge in [0.05, 0.1) is 4.88 Å². The fourth-order valence-electron chi connectivity index (χ4n) is 2.96. The monoisotopic (exact) mass is 294 g/mol. The van der Waals surface area contributed by atoms with E-state index in [-0.39, 0.29) is 11.9 Å². The van der Waals surface area contributed by atoms with Crippen molar-refractivity contribution in [3.8, 4) is 0 Å². The highest BCUT2D eigenvalue weighted by Crippen LogP contribution is 2.28. The van der Waals surface area contributed by atoms with Gasteiger partial charge in [-0.1, -0.05) is 20.3 Å². The van der Waals surface area contributed by atoms with Crippen molar-refractivity contribution in [2.45, 2.75) is 58.4 Å². The highest BCUT2D eigenvalue weighted by atomic mass is 32.1. The Morgan fingerprint density at radius 1 is 1.45 bits per heavy atom. The van der Waals surface area contributed by atoms with Crippen LogP contribution in [0.1, 0.15) is 59.6 Å². The predicted octanol–water partition coefficient (Wildman–Crippen LogP) is 3.22. The van der Waals surface area contributed by atoms with Gasteiger partial charge >= 0.3 is 0 Å². The van der Waals surface area contributed by atoms with Crippen molar-refractivity contribution in [3.05, 3.63) is 21.4 Å². The maximum atomic E-state index is 12.7. The van der Waals surface area contributed by atoms with Crippen molar-refractivity contribution in [3.63, 3.8) is 0 Å². The molecule has 20 heavy (non-hydrogen) atoms. The van der Waals surface area contributed by atoms with Gasteiger partial charge in [-0.3, -0.25) is 4.79 Å². The van der Waals surface area contributed by atoms with Gasteiger partial charge in [-0.2, -0.15) is 0 Å². The zero-order valence-corrected chi connectivity index (χ0v) is 13.5. The van der Waals surface area contributed by atoms with Gasteiger partial charge in [0, 0.05) is 24.0 Å². The Labute approximate surface area is 126 Å². The number of thiophene rings is 1. The van der Waals surface area contributed by atoms with Crippen LogP contribution in [-0.2, 0) is 12.8 Å². The molecule has 0 aliphatic carbocycles. The summed E-state index contributed by atoms with van der Waals surface area (Å²) in [7, 11) is 0. The van der Waals surface area contributed by atoms with Gasteiger partial charge in [-0.05, 0) is 43.7 Å². The lowest BCUT2D eigenvalue weighted by atomic mass is 10.0. The molecule has 2 N–H and O–H groups in total. The van der Waals surface area contributed by atoms with E-state index < -0.39 is 0 Å². The summed E-state index contributed by atoms with van der Waals surface area (Å²) in [6.45, 7) is 5.80. The number of hydrogen-bond donors (Lipinski definition) is 1. The summed E-state index contributed by atoms with van der Waals surface area (Å²) in [5, 5.41) is 0. The topological polar surface area (TPSA) is 46.3 Å². The zero-order valence-electron chi connectivity index (χ0n) is 12.7. The lowest BCUT2D eigenvalue weighted by Crippen LogP contribution is -2.47.